The average Bonchev–Trinajstić information content (AvgIpc) is 2.94. The molecule has 15 heavy (non-hydrogen) atoms. The van der Waals surface area contributed by atoms with Crippen LogP contribution in [0.3, 0.4) is 0 Å². The maximum atomic E-state index is 4.70. The maximum absolute atomic E-state index is 4.70. The molecular weight excluding hydrogens is 192 g/mol. The molecule has 0 amide bonds. The fraction of sp³-hybridized carbons (Fsp3) is 0.636. The largest absolute Gasteiger partial charge is 0.482 e. The molecule has 1 aromatic rings. The lowest BCUT2D eigenvalue weighted by atomic mass is 10.2. The fourth-order valence-corrected chi connectivity index (χ4v) is 1.19. The third kappa shape index (κ3) is 5.88. The molecule has 0 aromatic carbocycles. The molecule has 2 heterocycles. The van der Waals surface area contributed by atoms with Gasteiger partial charge in [0, 0.05) is 6.07 Å². The summed E-state index contributed by atoms with van der Waals surface area (Å²) in [5, 5.41) is 3.81. The van der Waals surface area contributed by atoms with E-state index in [0.717, 1.165) is 25.3 Å². The zero-order chi connectivity index (χ0) is 10.8. The molecule has 1 aromatic heterocycles. The zero-order valence-electron chi connectivity index (χ0n) is 9.19. The van der Waals surface area contributed by atoms with Crippen molar-refractivity contribution in [2.45, 2.75) is 32.6 Å². The van der Waals surface area contributed by atoms with Crippen molar-refractivity contribution in [3.63, 3.8) is 0 Å². The molecule has 0 fully saturated rings. The van der Waals surface area contributed by atoms with E-state index in [1.165, 1.54) is 25.7 Å². The Morgan fingerprint density at radius 2 is 2.33 bits per heavy atom. The Morgan fingerprint density at radius 3 is 2.80 bits per heavy atom. The van der Waals surface area contributed by atoms with Gasteiger partial charge in [-0.05, 0) is 12.8 Å². The van der Waals surface area contributed by atoms with E-state index in [0.29, 0.717) is 0 Å². The summed E-state index contributed by atoms with van der Waals surface area (Å²) in [6.07, 6.45) is 7.94. The summed E-state index contributed by atoms with van der Waals surface area (Å²) in [7, 11) is 0. The normalized spacial score (nSPS) is 13.1. The van der Waals surface area contributed by atoms with Crippen molar-refractivity contribution in [2.75, 3.05) is 13.2 Å². The lowest BCUT2D eigenvalue weighted by Crippen LogP contribution is -1.83. The highest BCUT2D eigenvalue weighted by atomic mass is 16.5. The van der Waals surface area contributed by atoms with Crippen molar-refractivity contribution in [1.82, 2.24) is 5.16 Å². The maximum Gasteiger partial charge on any atom is 0.169 e. The first kappa shape index (κ1) is 11.8. The van der Waals surface area contributed by atoms with Gasteiger partial charge >= 0.3 is 0 Å². The van der Waals surface area contributed by atoms with Crippen molar-refractivity contribution in [3.05, 3.63) is 18.0 Å². The second-order valence-electron chi connectivity index (χ2n) is 3.33. The Hall–Kier alpha value is -1.32. The Morgan fingerprint density at radius 1 is 1.40 bits per heavy atom. The highest BCUT2D eigenvalue weighted by Gasteiger charge is 1.93. The Labute approximate surface area is 90.3 Å². The van der Waals surface area contributed by atoms with Crippen molar-refractivity contribution in [1.29, 1.82) is 0 Å². The van der Waals surface area contributed by atoms with Crippen molar-refractivity contribution in [3.8, 4) is 0 Å². The van der Waals surface area contributed by atoms with E-state index in [2.05, 4.69) is 21.8 Å². The molecule has 0 radical (unpaired) electrons. The van der Waals surface area contributed by atoms with Gasteiger partial charge in [0.2, 0.25) is 0 Å². The highest BCUT2D eigenvalue weighted by molar-refractivity contribution is 5.47. The van der Waals surface area contributed by atoms with E-state index in [9.17, 15) is 0 Å². The lowest BCUT2D eigenvalue weighted by Gasteiger charge is -1.91. The first-order valence-electron chi connectivity index (χ1n) is 5.42. The number of hydrogen-bond donors (Lipinski definition) is 0. The minimum atomic E-state index is 0.778. The summed E-state index contributed by atoms with van der Waals surface area (Å²) in [4.78, 5) is 3.74. The van der Waals surface area contributed by atoms with Gasteiger partial charge in [0.05, 0.1) is 12.2 Å². The van der Waals surface area contributed by atoms with Crippen LogP contribution in [-0.2, 0) is 11.2 Å². The minimum absolute atomic E-state index is 0.778. The molecule has 0 spiro atoms. The number of rotatable bonds is 4. The molecule has 1 aliphatic rings. The Kier molecular flexibility index (Phi) is 6.29. The number of ether oxygens (including phenoxy) is 1. The van der Waals surface area contributed by atoms with E-state index in [-0.39, 0.29) is 0 Å². The van der Waals surface area contributed by atoms with Gasteiger partial charge in [0.25, 0.3) is 0 Å². The van der Waals surface area contributed by atoms with E-state index in [4.69, 9.17) is 4.52 Å². The quantitative estimate of drug-likeness (QED) is 0.717. The van der Waals surface area contributed by atoms with E-state index < -0.39 is 0 Å². The molecule has 0 atom stereocenters. The van der Waals surface area contributed by atoms with Crippen LogP contribution in [-0.4, -0.2) is 24.7 Å². The smallest absolute Gasteiger partial charge is 0.169 e. The van der Waals surface area contributed by atoms with Crippen molar-refractivity contribution >= 4 is 6.40 Å². The van der Waals surface area contributed by atoms with Crippen LogP contribution in [0.15, 0.2) is 21.8 Å². The second kappa shape index (κ2) is 8.03. The van der Waals surface area contributed by atoms with Crippen LogP contribution in [0, 0.1) is 0 Å². The number of aromatic nitrogens is 1. The SMILES string of the molecule is C1=NCCO1.CCCCCc1ccon1. The molecule has 2 rings (SSSR count). The summed E-state index contributed by atoms with van der Waals surface area (Å²) >= 11 is 0. The number of hydrogen-bond acceptors (Lipinski definition) is 4. The molecule has 0 saturated carbocycles. The van der Waals surface area contributed by atoms with E-state index >= 15 is 0 Å². The van der Waals surface area contributed by atoms with Gasteiger partial charge in [-0.2, -0.15) is 0 Å². The molecule has 0 N–H and O–H groups in total. The van der Waals surface area contributed by atoms with Gasteiger partial charge in [0.15, 0.2) is 6.40 Å². The lowest BCUT2D eigenvalue weighted by molar-refractivity contribution is 0.361. The summed E-state index contributed by atoms with van der Waals surface area (Å²) in [5.41, 5.74) is 1.08. The van der Waals surface area contributed by atoms with Crippen LogP contribution in [0.1, 0.15) is 31.9 Å². The van der Waals surface area contributed by atoms with Crippen LogP contribution in [0.5, 0.6) is 0 Å². The molecule has 4 heteroatoms. The number of unbranched alkanes of at least 4 members (excludes halogenated alkanes) is 2. The Balaban J connectivity index is 0.000000187. The van der Waals surface area contributed by atoms with E-state index in [1.54, 1.807) is 6.26 Å². The summed E-state index contributed by atoms with van der Waals surface area (Å²) < 4.78 is 9.35. The highest BCUT2D eigenvalue weighted by Crippen LogP contribution is 2.02. The van der Waals surface area contributed by atoms with Crippen LogP contribution in [0.4, 0.5) is 0 Å². The molecular formula is C11H18N2O2. The summed E-state index contributed by atoms with van der Waals surface area (Å²) in [5.74, 6) is 0. The summed E-state index contributed by atoms with van der Waals surface area (Å²) in [6, 6.07) is 1.93. The van der Waals surface area contributed by atoms with E-state index in [1.807, 2.05) is 6.07 Å². The molecule has 1 aliphatic heterocycles. The predicted octanol–water partition coefficient (Wildman–Crippen LogP) is 2.45. The fourth-order valence-electron chi connectivity index (χ4n) is 1.19. The summed E-state index contributed by atoms with van der Waals surface area (Å²) in [6.45, 7) is 3.82. The number of nitrogens with zero attached hydrogens (tertiary/aromatic N) is 2. The second-order valence-corrected chi connectivity index (χ2v) is 3.33. The third-order valence-corrected chi connectivity index (χ3v) is 2.02. The zero-order valence-corrected chi connectivity index (χ0v) is 9.19. The van der Waals surface area contributed by atoms with Crippen LogP contribution in [0.25, 0.3) is 0 Å². The predicted molar refractivity (Wildman–Crippen MR) is 59.0 cm³/mol. The van der Waals surface area contributed by atoms with Gasteiger partial charge in [0.1, 0.15) is 12.9 Å². The number of aliphatic imine (C=N–C) groups is 1. The third-order valence-electron chi connectivity index (χ3n) is 2.02. The van der Waals surface area contributed by atoms with Gasteiger partial charge in [-0.15, -0.1) is 0 Å². The van der Waals surface area contributed by atoms with Gasteiger partial charge < -0.3 is 9.26 Å². The first-order chi connectivity index (χ1) is 7.43. The molecule has 4 nitrogen and oxygen atoms in total. The van der Waals surface area contributed by atoms with Gasteiger partial charge in [-0.3, -0.25) is 4.99 Å². The van der Waals surface area contributed by atoms with Crippen LogP contribution < -0.4 is 0 Å². The monoisotopic (exact) mass is 210 g/mol. The molecule has 0 aliphatic carbocycles. The van der Waals surface area contributed by atoms with Crippen molar-refractivity contribution < 1.29 is 9.26 Å². The molecule has 0 bridgehead atoms. The van der Waals surface area contributed by atoms with Gasteiger partial charge in [-0.25, -0.2) is 0 Å². The average molecular weight is 210 g/mol. The molecule has 84 valence electrons. The first-order valence-corrected chi connectivity index (χ1v) is 5.42. The molecule has 0 saturated heterocycles. The standard InChI is InChI=1S/C8H13NO.C3H5NO/c1-2-3-4-5-8-6-7-10-9-8;1-2-5-3-4-1/h6-7H,2-5H2,1H3;3H,1-2H2. The van der Waals surface area contributed by atoms with Crippen molar-refractivity contribution in [2.24, 2.45) is 4.99 Å². The number of aryl methyl sites for hydroxylation is 1. The van der Waals surface area contributed by atoms with Crippen LogP contribution >= 0.6 is 0 Å². The van der Waals surface area contributed by atoms with Gasteiger partial charge in [-0.1, -0.05) is 24.9 Å². The molecule has 0 unspecified atom stereocenters. The van der Waals surface area contributed by atoms with Crippen LogP contribution in [0.2, 0.25) is 0 Å². The Bertz CT molecular complexity index is 252. The topological polar surface area (TPSA) is 47.6 Å². The minimum Gasteiger partial charge on any atom is -0.482 e.